The van der Waals surface area contributed by atoms with Gasteiger partial charge in [-0.2, -0.15) is 5.26 Å². The molecule has 4 rings (SSSR count). The zero-order valence-corrected chi connectivity index (χ0v) is 16.5. The van der Waals surface area contributed by atoms with E-state index in [1.165, 1.54) is 17.8 Å². The van der Waals surface area contributed by atoms with Crippen LogP contribution in [0.3, 0.4) is 0 Å². The second-order valence-corrected chi connectivity index (χ2v) is 8.50. The monoisotopic (exact) mass is 411 g/mol. The highest BCUT2D eigenvalue weighted by atomic mass is 32.2. The first kappa shape index (κ1) is 18.7. The van der Waals surface area contributed by atoms with E-state index in [1.807, 2.05) is 36.4 Å². The predicted octanol–water partition coefficient (Wildman–Crippen LogP) is 4.24. The summed E-state index contributed by atoms with van der Waals surface area (Å²) >= 11 is 3.01. The van der Waals surface area contributed by atoms with Crippen LogP contribution in [0.4, 0.5) is 0 Å². The molecule has 6 nitrogen and oxygen atoms in total. The molecule has 0 saturated carbocycles. The van der Waals surface area contributed by atoms with Gasteiger partial charge >= 0.3 is 0 Å². The average Bonchev–Trinajstić information content (AvgIpc) is 3.45. The van der Waals surface area contributed by atoms with E-state index < -0.39 is 5.91 Å². The molecule has 1 aromatic carbocycles. The SMILES string of the molecule is N#C/C(=C\c1ccc(Sc2nc3ccccc3s2)o1)C(=O)NC[C@@H]1CCCO1. The lowest BCUT2D eigenvalue weighted by Gasteiger charge is -2.09. The van der Waals surface area contributed by atoms with Crippen LogP contribution in [0.25, 0.3) is 16.3 Å². The molecule has 1 atom stereocenters. The third-order valence-corrected chi connectivity index (χ3v) is 6.25. The number of carbonyl (C=O) groups excluding carboxylic acids is 1. The first-order valence-electron chi connectivity index (χ1n) is 8.86. The first-order chi connectivity index (χ1) is 13.7. The molecule has 3 heterocycles. The van der Waals surface area contributed by atoms with Crippen molar-refractivity contribution in [1.82, 2.24) is 10.3 Å². The molecule has 2 aromatic heterocycles. The lowest BCUT2D eigenvalue weighted by Crippen LogP contribution is -2.32. The van der Waals surface area contributed by atoms with Gasteiger partial charge in [-0.05, 0) is 48.9 Å². The van der Waals surface area contributed by atoms with Gasteiger partial charge in [0.25, 0.3) is 5.91 Å². The maximum Gasteiger partial charge on any atom is 0.262 e. The fourth-order valence-electron chi connectivity index (χ4n) is 2.85. The van der Waals surface area contributed by atoms with E-state index in [0.29, 0.717) is 17.4 Å². The molecule has 1 fully saturated rings. The molecule has 0 unspecified atom stereocenters. The number of nitriles is 1. The van der Waals surface area contributed by atoms with Crippen LogP contribution in [0.1, 0.15) is 18.6 Å². The van der Waals surface area contributed by atoms with Crippen LogP contribution in [-0.2, 0) is 9.53 Å². The molecule has 1 saturated heterocycles. The Kier molecular flexibility index (Phi) is 5.76. The van der Waals surface area contributed by atoms with Gasteiger partial charge in [0.05, 0.1) is 16.3 Å². The van der Waals surface area contributed by atoms with Gasteiger partial charge in [0.2, 0.25) is 0 Å². The molecule has 1 aliphatic rings. The van der Waals surface area contributed by atoms with Gasteiger partial charge in [0.1, 0.15) is 17.4 Å². The molecular formula is C20H17N3O3S2. The summed E-state index contributed by atoms with van der Waals surface area (Å²) in [4.78, 5) is 16.8. The third-order valence-electron chi connectivity index (χ3n) is 4.23. The van der Waals surface area contributed by atoms with Crippen LogP contribution in [0.5, 0.6) is 0 Å². The minimum Gasteiger partial charge on any atom is -0.450 e. The summed E-state index contributed by atoms with van der Waals surface area (Å²) in [6.07, 6.45) is 3.41. The molecule has 1 N–H and O–H groups in total. The van der Waals surface area contributed by atoms with E-state index in [1.54, 1.807) is 17.4 Å². The van der Waals surface area contributed by atoms with Crippen molar-refractivity contribution < 1.29 is 13.9 Å². The second kappa shape index (κ2) is 8.61. The van der Waals surface area contributed by atoms with Gasteiger partial charge in [-0.3, -0.25) is 4.79 Å². The van der Waals surface area contributed by atoms with Crippen molar-refractivity contribution in [2.75, 3.05) is 13.2 Å². The number of thiazole rings is 1. The predicted molar refractivity (Wildman–Crippen MR) is 108 cm³/mol. The number of aromatic nitrogens is 1. The number of amides is 1. The standard InChI is InChI=1S/C20H17N3O3S2/c21-11-13(19(24)22-12-15-4-3-9-25-15)10-14-7-8-18(26-14)28-20-23-16-5-1-2-6-17(16)27-20/h1-2,5-8,10,15H,3-4,9,12H2,(H,22,24)/b13-10+/t15-/m0/s1. The minimum absolute atomic E-state index is 0.00360. The van der Waals surface area contributed by atoms with Crippen molar-refractivity contribution in [3.05, 3.63) is 47.7 Å². The number of para-hydroxylation sites is 1. The molecule has 1 aliphatic heterocycles. The number of nitrogens with one attached hydrogen (secondary N) is 1. The Bertz CT molecular complexity index is 1030. The summed E-state index contributed by atoms with van der Waals surface area (Å²) in [7, 11) is 0. The number of furan rings is 1. The van der Waals surface area contributed by atoms with Crippen molar-refractivity contribution in [1.29, 1.82) is 5.26 Å². The summed E-state index contributed by atoms with van der Waals surface area (Å²) < 4.78 is 13.2. The maximum absolute atomic E-state index is 12.2. The van der Waals surface area contributed by atoms with Crippen LogP contribution in [0, 0.1) is 11.3 Å². The zero-order chi connectivity index (χ0) is 19.3. The quantitative estimate of drug-likeness (QED) is 0.482. The number of ether oxygens (including phenoxy) is 1. The number of benzene rings is 1. The minimum atomic E-state index is -0.422. The Morgan fingerprint density at radius 2 is 2.29 bits per heavy atom. The highest BCUT2D eigenvalue weighted by Gasteiger charge is 2.18. The van der Waals surface area contributed by atoms with Gasteiger partial charge in [-0.25, -0.2) is 4.98 Å². The summed E-state index contributed by atoms with van der Waals surface area (Å²) in [5.74, 6) is 0.0298. The van der Waals surface area contributed by atoms with E-state index in [9.17, 15) is 10.1 Å². The van der Waals surface area contributed by atoms with Gasteiger partial charge in [0.15, 0.2) is 9.43 Å². The molecule has 8 heteroatoms. The summed E-state index contributed by atoms with van der Waals surface area (Å²) in [6.45, 7) is 1.14. The summed E-state index contributed by atoms with van der Waals surface area (Å²) in [6, 6.07) is 13.4. The molecule has 0 bridgehead atoms. The number of nitrogens with zero attached hydrogens (tertiary/aromatic N) is 2. The highest BCUT2D eigenvalue weighted by Crippen LogP contribution is 2.35. The van der Waals surface area contributed by atoms with Gasteiger partial charge < -0.3 is 14.5 Å². The van der Waals surface area contributed by atoms with E-state index in [2.05, 4.69) is 10.3 Å². The number of carbonyl (C=O) groups is 1. The Hall–Kier alpha value is -2.60. The largest absolute Gasteiger partial charge is 0.450 e. The molecule has 1 amide bonds. The van der Waals surface area contributed by atoms with Crippen molar-refractivity contribution in [3.63, 3.8) is 0 Å². The van der Waals surface area contributed by atoms with Crippen molar-refractivity contribution in [2.24, 2.45) is 0 Å². The third kappa shape index (κ3) is 4.44. The highest BCUT2D eigenvalue weighted by molar-refractivity contribution is 8.01. The second-order valence-electron chi connectivity index (χ2n) is 6.22. The van der Waals surface area contributed by atoms with Gasteiger partial charge in [-0.1, -0.05) is 12.1 Å². The van der Waals surface area contributed by atoms with Crippen molar-refractivity contribution >= 4 is 45.3 Å². The summed E-state index contributed by atoms with van der Waals surface area (Å²) in [5.41, 5.74) is 0.959. The number of hydrogen-bond donors (Lipinski definition) is 1. The van der Waals surface area contributed by atoms with Crippen LogP contribution < -0.4 is 5.32 Å². The number of hydrogen-bond acceptors (Lipinski definition) is 7. The number of rotatable bonds is 6. The van der Waals surface area contributed by atoms with Crippen LogP contribution in [0.2, 0.25) is 0 Å². The van der Waals surface area contributed by atoms with E-state index >= 15 is 0 Å². The Morgan fingerprint density at radius 3 is 3.07 bits per heavy atom. The van der Waals surface area contributed by atoms with Crippen molar-refractivity contribution in [3.8, 4) is 6.07 Å². The van der Waals surface area contributed by atoms with Gasteiger partial charge in [-0.15, -0.1) is 11.3 Å². The maximum atomic E-state index is 12.2. The lowest BCUT2D eigenvalue weighted by molar-refractivity contribution is -0.117. The smallest absolute Gasteiger partial charge is 0.262 e. The molecule has 0 aliphatic carbocycles. The molecule has 0 spiro atoms. The fraction of sp³-hybridized carbons (Fsp3) is 0.250. The first-order valence-corrected chi connectivity index (χ1v) is 10.5. The lowest BCUT2D eigenvalue weighted by atomic mass is 10.2. The van der Waals surface area contributed by atoms with E-state index in [4.69, 9.17) is 9.15 Å². The van der Waals surface area contributed by atoms with E-state index in [0.717, 1.165) is 34.0 Å². The summed E-state index contributed by atoms with van der Waals surface area (Å²) in [5, 5.41) is 12.7. The number of fused-ring (bicyclic) bond motifs is 1. The topological polar surface area (TPSA) is 88.2 Å². The molecular weight excluding hydrogens is 394 g/mol. The molecule has 3 aromatic rings. The van der Waals surface area contributed by atoms with Crippen LogP contribution in [0.15, 0.2) is 55.8 Å². The van der Waals surface area contributed by atoms with Crippen LogP contribution >= 0.6 is 23.1 Å². The zero-order valence-electron chi connectivity index (χ0n) is 14.9. The normalized spacial score (nSPS) is 17.0. The Balaban J connectivity index is 1.41. The fourth-order valence-corrected chi connectivity index (χ4v) is 4.81. The van der Waals surface area contributed by atoms with E-state index in [-0.39, 0.29) is 11.7 Å². The molecule has 142 valence electrons. The van der Waals surface area contributed by atoms with Crippen molar-refractivity contribution in [2.45, 2.75) is 28.4 Å². The average molecular weight is 412 g/mol. The Labute approximate surface area is 170 Å². The Morgan fingerprint density at radius 1 is 1.39 bits per heavy atom. The van der Waals surface area contributed by atoms with Crippen LogP contribution in [-0.4, -0.2) is 30.1 Å². The molecule has 28 heavy (non-hydrogen) atoms. The van der Waals surface area contributed by atoms with Gasteiger partial charge in [0, 0.05) is 19.2 Å². The molecule has 0 radical (unpaired) electrons.